The van der Waals surface area contributed by atoms with Crippen LogP contribution in [0.1, 0.15) is 44.4 Å². The maximum absolute atomic E-state index is 13.6. The van der Waals surface area contributed by atoms with Gasteiger partial charge in [0.05, 0.1) is 6.04 Å². The number of hydrogen-bond donors (Lipinski definition) is 4. The molecule has 0 aliphatic carbocycles. The fourth-order valence-corrected chi connectivity index (χ4v) is 5.23. The molecule has 11 nitrogen and oxygen atoms in total. The first-order valence-corrected chi connectivity index (χ1v) is 16.3. The van der Waals surface area contributed by atoms with E-state index in [9.17, 15) is 19.2 Å². The number of carbonyl (C=O) groups excluding carboxylic acids is 4. The average molecular weight is 659 g/mol. The van der Waals surface area contributed by atoms with Crippen molar-refractivity contribution in [1.82, 2.24) is 21.3 Å². The molecule has 0 aromatic heterocycles. The van der Waals surface area contributed by atoms with Crippen molar-refractivity contribution < 1.29 is 33.4 Å². The maximum atomic E-state index is 13.6. The molecule has 4 amide bonds. The lowest BCUT2D eigenvalue weighted by Crippen LogP contribution is -2.54. The van der Waals surface area contributed by atoms with E-state index in [2.05, 4.69) is 21.3 Å². The van der Waals surface area contributed by atoms with Crippen molar-refractivity contribution in [2.45, 2.75) is 77.7 Å². The SMILES string of the molecule is CC(C)[C@H](NC(=O)OCc1ccccc1)C(=O)NC[C@@H]1O[C@@H]1[C@H](Cc1ccccc1)NC(=O)[C@@H](NC(=O)OCc1ccccc1)C(C)C. The van der Waals surface area contributed by atoms with E-state index in [1.807, 2.05) is 119 Å². The van der Waals surface area contributed by atoms with Gasteiger partial charge in [-0.25, -0.2) is 9.59 Å². The second-order valence-electron chi connectivity index (χ2n) is 12.5. The van der Waals surface area contributed by atoms with Crippen LogP contribution in [0.4, 0.5) is 9.59 Å². The van der Waals surface area contributed by atoms with E-state index in [1.54, 1.807) is 0 Å². The molecule has 3 aromatic carbocycles. The van der Waals surface area contributed by atoms with Gasteiger partial charge in [0.1, 0.15) is 37.5 Å². The van der Waals surface area contributed by atoms with Crippen molar-refractivity contribution in [2.24, 2.45) is 11.8 Å². The van der Waals surface area contributed by atoms with Gasteiger partial charge in [-0.05, 0) is 34.9 Å². The predicted octanol–water partition coefficient (Wildman–Crippen LogP) is 4.50. The number of nitrogens with one attached hydrogen (secondary N) is 4. The van der Waals surface area contributed by atoms with E-state index in [-0.39, 0.29) is 55.6 Å². The Morgan fingerprint density at radius 3 is 1.52 bits per heavy atom. The van der Waals surface area contributed by atoms with Gasteiger partial charge in [0.2, 0.25) is 11.8 Å². The minimum Gasteiger partial charge on any atom is -0.445 e. The maximum Gasteiger partial charge on any atom is 0.408 e. The topological polar surface area (TPSA) is 147 Å². The van der Waals surface area contributed by atoms with Crippen LogP contribution in [0.15, 0.2) is 91.0 Å². The zero-order valence-electron chi connectivity index (χ0n) is 27.9. The lowest BCUT2D eigenvalue weighted by Gasteiger charge is -2.25. The molecule has 256 valence electrons. The van der Waals surface area contributed by atoms with Crippen LogP contribution in [0.3, 0.4) is 0 Å². The number of ether oxygens (including phenoxy) is 3. The Balaban J connectivity index is 1.32. The average Bonchev–Trinajstić information content (AvgIpc) is 3.87. The number of alkyl carbamates (subject to hydrolysis) is 2. The van der Waals surface area contributed by atoms with E-state index in [4.69, 9.17) is 14.2 Å². The summed E-state index contributed by atoms with van der Waals surface area (Å²) in [5, 5.41) is 11.3. The number of benzene rings is 3. The van der Waals surface area contributed by atoms with Crippen molar-refractivity contribution >= 4 is 24.0 Å². The molecule has 0 bridgehead atoms. The minimum atomic E-state index is -0.844. The lowest BCUT2D eigenvalue weighted by molar-refractivity contribution is -0.125. The Hall–Kier alpha value is -4.90. The van der Waals surface area contributed by atoms with E-state index >= 15 is 0 Å². The third-order valence-corrected chi connectivity index (χ3v) is 7.99. The van der Waals surface area contributed by atoms with Crippen LogP contribution in [0, 0.1) is 11.8 Å². The quantitative estimate of drug-likeness (QED) is 0.166. The van der Waals surface area contributed by atoms with Crippen LogP contribution in [0.2, 0.25) is 0 Å². The molecular formula is C37H46N4O7. The van der Waals surface area contributed by atoms with E-state index < -0.39 is 30.3 Å². The van der Waals surface area contributed by atoms with Gasteiger partial charge in [-0.2, -0.15) is 0 Å². The van der Waals surface area contributed by atoms with Gasteiger partial charge in [0.25, 0.3) is 0 Å². The van der Waals surface area contributed by atoms with Crippen LogP contribution in [-0.4, -0.2) is 60.9 Å². The number of hydrogen-bond acceptors (Lipinski definition) is 7. The van der Waals surface area contributed by atoms with Crippen molar-refractivity contribution in [2.75, 3.05) is 6.54 Å². The molecule has 4 N–H and O–H groups in total. The smallest absolute Gasteiger partial charge is 0.408 e. The molecule has 4 rings (SSSR count). The van der Waals surface area contributed by atoms with Gasteiger partial charge in [-0.15, -0.1) is 0 Å². The summed E-state index contributed by atoms with van der Waals surface area (Å²) >= 11 is 0. The van der Waals surface area contributed by atoms with Crippen LogP contribution < -0.4 is 21.3 Å². The summed E-state index contributed by atoms with van der Waals surface area (Å²) in [6.07, 6.45) is -1.63. The number of rotatable bonds is 16. The fraction of sp³-hybridized carbons (Fsp3) is 0.405. The Morgan fingerprint density at radius 2 is 1.06 bits per heavy atom. The highest BCUT2D eigenvalue weighted by Crippen LogP contribution is 2.27. The first-order chi connectivity index (χ1) is 23.1. The molecule has 11 heteroatoms. The second-order valence-corrected chi connectivity index (χ2v) is 12.5. The number of carbonyl (C=O) groups is 4. The summed E-state index contributed by atoms with van der Waals surface area (Å²) in [5.74, 6) is -1.14. The van der Waals surface area contributed by atoms with Gasteiger partial charge in [-0.3, -0.25) is 9.59 Å². The van der Waals surface area contributed by atoms with Crippen LogP contribution in [0.5, 0.6) is 0 Å². The van der Waals surface area contributed by atoms with Crippen molar-refractivity contribution in [3.63, 3.8) is 0 Å². The van der Waals surface area contributed by atoms with Gasteiger partial charge >= 0.3 is 12.2 Å². The van der Waals surface area contributed by atoms with Gasteiger partial charge in [-0.1, -0.05) is 119 Å². The zero-order valence-corrected chi connectivity index (χ0v) is 27.9. The third-order valence-electron chi connectivity index (χ3n) is 7.99. The first-order valence-electron chi connectivity index (χ1n) is 16.3. The van der Waals surface area contributed by atoms with Crippen LogP contribution in [-0.2, 0) is 43.4 Å². The molecule has 0 spiro atoms. The van der Waals surface area contributed by atoms with Crippen molar-refractivity contribution in [3.05, 3.63) is 108 Å². The molecule has 0 saturated carbocycles. The molecule has 1 aliphatic rings. The standard InChI is InChI=1S/C37H46N4O7/c1-24(2)31(40-36(44)46-22-27-16-10-6-11-17-27)34(42)38-21-30-33(48-30)29(20-26-14-8-5-9-15-26)39-35(43)32(25(3)4)41-37(45)47-23-28-18-12-7-13-19-28/h5-19,24-25,29-33H,20-23H2,1-4H3,(H,38,42)(H,39,43)(H,40,44)(H,41,45)/t29-,30-,31-,32-,33+/m0/s1. The van der Waals surface area contributed by atoms with E-state index in [0.29, 0.717) is 6.42 Å². The summed E-state index contributed by atoms with van der Waals surface area (Å²) in [6, 6.07) is 26.2. The second kappa shape index (κ2) is 17.9. The molecule has 1 heterocycles. The Bertz CT molecular complexity index is 1470. The van der Waals surface area contributed by atoms with Gasteiger partial charge in [0, 0.05) is 6.54 Å². The van der Waals surface area contributed by atoms with Gasteiger partial charge < -0.3 is 35.5 Å². The molecular weight excluding hydrogens is 612 g/mol. The largest absolute Gasteiger partial charge is 0.445 e. The highest BCUT2D eigenvalue weighted by atomic mass is 16.6. The number of amides is 4. The summed E-state index contributed by atoms with van der Waals surface area (Å²) in [6.45, 7) is 7.72. The fourth-order valence-electron chi connectivity index (χ4n) is 5.23. The monoisotopic (exact) mass is 658 g/mol. The molecule has 3 aromatic rings. The Morgan fingerprint density at radius 1 is 0.625 bits per heavy atom. The van der Waals surface area contributed by atoms with Crippen molar-refractivity contribution in [1.29, 1.82) is 0 Å². The molecule has 1 fully saturated rings. The van der Waals surface area contributed by atoms with Crippen LogP contribution >= 0.6 is 0 Å². The molecule has 0 unspecified atom stereocenters. The molecule has 1 saturated heterocycles. The Labute approximate surface area is 282 Å². The van der Waals surface area contributed by atoms with Crippen LogP contribution in [0.25, 0.3) is 0 Å². The number of epoxide rings is 1. The normalized spacial score (nSPS) is 17.0. The van der Waals surface area contributed by atoms with E-state index in [1.165, 1.54) is 0 Å². The van der Waals surface area contributed by atoms with Gasteiger partial charge in [0.15, 0.2) is 0 Å². The summed E-state index contributed by atoms with van der Waals surface area (Å²) < 4.78 is 16.6. The van der Waals surface area contributed by atoms with E-state index in [0.717, 1.165) is 16.7 Å². The lowest BCUT2D eigenvalue weighted by atomic mass is 9.99. The first kappa shape index (κ1) is 35.9. The summed E-state index contributed by atoms with van der Waals surface area (Å²) in [4.78, 5) is 51.8. The summed E-state index contributed by atoms with van der Waals surface area (Å²) in [5.41, 5.74) is 2.67. The summed E-state index contributed by atoms with van der Waals surface area (Å²) in [7, 11) is 0. The minimum absolute atomic E-state index is 0.0844. The predicted molar refractivity (Wildman–Crippen MR) is 181 cm³/mol. The molecule has 5 atom stereocenters. The molecule has 48 heavy (non-hydrogen) atoms. The molecule has 1 aliphatic heterocycles. The highest BCUT2D eigenvalue weighted by Gasteiger charge is 2.46. The van der Waals surface area contributed by atoms with Crippen molar-refractivity contribution in [3.8, 4) is 0 Å². The third kappa shape index (κ3) is 11.4. The molecule has 0 radical (unpaired) electrons. The Kier molecular flexibility index (Phi) is 13.4. The highest BCUT2D eigenvalue weighted by molar-refractivity contribution is 5.86. The zero-order chi connectivity index (χ0) is 34.5.